The third kappa shape index (κ3) is 3.36. The quantitative estimate of drug-likeness (QED) is 0.489. The second-order valence-corrected chi connectivity index (χ2v) is 7.16. The topological polar surface area (TPSA) is 64.4 Å². The lowest BCUT2D eigenvalue weighted by atomic mass is 9.87. The van der Waals surface area contributed by atoms with E-state index in [9.17, 15) is 9.90 Å². The number of phenolic OH excluding ortho intramolecular Hbond substituents is 1. The first-order valence-corrected chi connectivity index (χ1v) is 9.42. The molecule has 5 nitrogen and oxygen atoms in total. The number of benzene rings is 2. The largest absolute Gasteiger partial charge is 0.508 e. The minimum Gasteiger partial charge on any atom is -0.508 e. The first-order valence-electron chi connectivity index (χ1n) is 9.42. The Morgan fingerprint density at radius 3 is 2.34 bits per heavy atom. The van der Waals surface area contributed by atoms with Crippen molar-refractivity contribution in [3.8, 4) is 5.75 Å². The fraction of sp³-hybridized carbons (Fsp3) is 0.167. The summed E-state index contributed by atoms with van der Waals surface area (Å²) in [7, 11) is 1.60. The molecule has 0 bridgehead atoms. The van der Waals surface area contributed by atoms with Crippen molar-refractivity contribution in [1.82, 2.24) is 9.55 Å². The number of ether oxygens (including phenoxy) is 1. The number of aromatic nitrogens is 2. The Kier molecular flexibility index (Phi) is 4.80. The van der Waals surface area contributed by atoms with Gasteiger partial charge in [-0.25, -0.2) is 4.98 Å². The molecule has 4 rings (SSSR count). The number of nitrogens with zero attached hydrogens (tertiary/aromatic N) is 2. The molecule has 0 atom stereocenters. The second-order valence-electron chi connectivity index (χ2n) is 7.16. The zero-order valence-corrected chi connectivity index (χ0v) is 16.2. The molecule has 2 aromatic carbocycles. The van der Waals surface area contributed by atoms with Crippen molar-refractivity contribution >= 4 is 17.1 Å². The molecule has 0 unspecified atom stereocenters. The molecule has 1 N–H and O–H groups in total. The predicted octanol–water partition coefficient (Wildman–Crippen LogP) is 4.78. The number of carbonyl (C=O) groups excluding carboxylic acids is 1. The summed E-state index contributed by atoms with van der Waals surface area (Å²) >= 11 is 0. The fourth-order valence-electron chi connectivity index (χ4n) is 3.68. The fourth-order valence-corrected chi connectivity index (χ4v) is 3.68. The Balaban J connectivity index is 1.88. The maximum Gasteiger partial charge on any atom is 0.245 e. The molecule has 0 aliphatic heterocycles. The molecule has 1 heterocycles. The predicted molar refractivity (Wildman–Crippen MR) is 112 cm³/mol. The molecule has 0 saturated heterocycles. The van der Waals surface area contributed by atoms with Gasteiger partial charge in [0.1, 0.15) is 23.3 Å². The number of methoxy groups -OCH3 is 1. The summed E-state index contributed by atoms with van der Waals surface area (Å²) in [5.41, 5.74) is 2.57. The van der Waals surface area contributed by atoms with Gasteiger partial charge in [0.2, 0.25) is 5.91 Å². The molecule has 0 radical (unpaired) electrons. The van der Waals surface area contributed by atoms with Gasteiger partial charge in [0.05, 0.1) is 7.11 Å². The van der Waals surface area contributed by atoms with Gasteiger partial charge < -0.3 is 9.84 Å². The van der Waals surface area contributed by atoms with Crippen molar-refractivity contribution in [2.24, 2.45) is 5.41 Å². The van der Waals surface area contributed by atoms with Crippen LogP contribution in [-0.2, 0) is 4.74 Å². The number of allylic oxidation sites excluding steroid dienone is 3. The first kappa shape index (κ1) is 18.7. The van der Waals surface area contributed by atoms with Gasteiger partial charge in [0.25, 0.3) is 0 Å². The van der Waals surface area contributed by atoms with E-state index in [2.05, 4.69) is 11.6 Å². The van der Waals surface area contributed by atoms with Gasteiger partial charge in [-0.15, -0.1) is 0 Å². The lowest BCUT2D eigenvalue weighted by Crippen LogP contribution is -2.26. The van der Waals surface area contributed by atoms with Crippen LogP contribution in [0.25, 0.3) is 11.1 Å². The van der Waals surface area contributed by atoms with Crippen molar-refractivity contribution < 1.29 is 14.6 Å². The minimum atomic E-state index is -0.736. The highest BCUT2D eigenvalue weighted by atomic mass is 16.5. The Morgan fingerprint density at radius 2 is 1.79 bits per heavy atom. The first-order chi connectivity index (χ1) is 14.1. The monoisotopic (exact) mass is 386 g/mol. The second kappa shape index (κ2) is 7.43. The van der Waals surface area contributed by atoms with E-state index < -0.39 is 5.41 Å². The SMILES string of the molecule is C=C(/C(=C(\OC)C1(C(=O)n2ccnc2)CC1)c1ccccc1)c1ccc(O)cc1. The summed E-state index contributed by atoms with van der Waals surface area (Å²) in [6, 6.07) is 16.7. The smallest absolute Gasteiger partial charge is 0.245 e. The van der Waals surface area contributed by atoms with Crippen LogP contribution >= 0.6 is 0 Å². The van der Waals surface area contributed by atoms with Crippen LogP contribution in [0.15, 0.2) is 85.7 Å². The van der Waals surface area contributed by atoms with Gasteiger partial charge in [-0.3, -0.25) is 9.36 Å². The molecule has 0 spiro atoms. The number of aromatic hydroxyl groups is 1. The maximum absolute atomic E-state index is 13.3. The summed E-state index contributed by atoms with van der Waals surface area (Å²) < 4.78 is 7.41. The van der Waals surface area contributed by atoms with E-state index in [1.807, 2.05) is 42.5 Å². The van der Waals surface area contributed by atoms with E-state index in [1.165, 1.54) is 10.9 Å². The van der Waals surface area contributed by atoms with Crippen LogP contribution in [0.4, 0.5) is 0 Å². The van der Waals surface area contributed by atoms with Gasteiger partial charge in [-0.2, -0.15) is 0 Å². The molecule has 1 aromatic heterocycles. The molecule has 1 saturated carbocycles. The molecule has 3 aromatic rings. The van der Waals surface area contributed by atoms with E-state index in [-0.39, 0.29) is 11.7 Å². The standard InChI is InChI=1S/C24H22N2O3/c1-17(18-8-10-20(27)11-9-18)21(19-6-4-3-5-7-19)22(29-2)24(12-13-24)23(28)26-15-14-25-16-26/h3-11,14-16,27H,1,12-13H2,2H3/b22-21+. The number of rotatable bonds is 6. The van der Waals surface area contributed by atoms with E-state index in [4.69, 9.17) is 4.74 Å². The van der Waals surface area contributed by atoms with Crippen molar-refractivity contribution in [2.75, 3.05) is 7.11 Å². The summed E-state index contributed by atoms with van der Waals surface area (Å²) in [6.45, 7) is 4.31. The highest BCUT2D eigenvalue weighted by molar-refractivity contribution is 6.07. The van der Waals surface area contributed by atoms with Crippen molar-refractivity contribution in [3.63, 3.8) is 0 Å². The van der Waals surface area contributed by atoms with E-state index in [1.54, 1.807) is 31.6 Å². The number of carbonyl (C=O) groups is 1. The molecule has 1 aliphatic carbocycles. The molecule has 1 fully saturated rings. The third-order valence-corrected chi connectivity index (χ3v) is 5.34. The lowest BCUT2D eigenvalue weighted by molar-refractivity contribution is 0.0788. The zero-order chi connectivity index (χ0) is 20.4. The molecule has 1 aliphatic rings. The Bertz CT molecular complexity index is 1060. The van der Waals surface area contributed by atoms with Crippen LogP contribution in [0, 0.1) is 5.41 Å². The maximum atomic E-state index is 13.3. The van der Waals surface area contributed by atoms with Gasteiger partial charge in [-0.1, -0.05) is 49.0 Å². The van der Waals surface area contributed by atoms with Crippen LogP contribution < -0.4 is 0 Å². The number of hydrogen-bond donors (Lipinski definition) is 1. The van der Waals surface area contributed by atoms with E-state index >= 15 is 0 Å². The normalized spacial score (nSPS) is 15.3. The van der Waals surface area contributed by atoms with E-state index in [0.717, 1.165) is 22.3 Å². The summed E-state index contributed by atoms with van der Waals surface area (Å²) in [5, 5.41) is 9.65. The highest BCUT2D eigenvalue weighted by Crippen LogP contribution is 2.56. The number of hydrogen-bond acceptors (Lipinski definition) is 4. The van der Waals surface area contributed by atoms with Crippen LogP contribution in [0.2, 0.25) is 0 Å². The summed E-state index contributed by atoms with van der Waals surface area (Å²) in [6.07, 6.45) is 6.18. The Labute approximate surface area is 169 Å². The van der Waals surface area contributed by atoms with Crippen LogP contribution in [0.1, 0.15) is 28.8 Å². The minimum absolute atomic E-state index is 0.0567. The van der Waals surface area contributed by atoms with Gasteiger partial charge in [0.15, 0.2) is 0 Å². The van der Waals surface area contributed by atoms with Crippen LogP contribution in [-0.4, -0.2) is 27.7 Å². The van der Waals surface area contributed by atoms with Crippen molar-refractivity contribution in [1.29, 1.82) is 0 Å². The summed E-state index contributed by atoms with van der Waals surface area (Å²) in [4.78, 5) is 17.3. The molecular formula is C24H22N2O3. The van der Waals surface area contributed by atoms with Gasteiger partial charge in [0, 0.05) is 18.0 Å². The number of phenols is 1. The number of imidazole rings is 1. The van der Waals surface area contributed by atoms with E-state index in [0.29, 0.717) is 18.6 Å². The molecule has 5 heteroatoms. The molecule has 146 valence electrons. The molecule has 29 heavy (non-hydrogen) atoms. The van der Waals surface area contributed by atoms with Gasteiger partial charge >= 0.3 is 0 Å². The van der Waals surface area contributed by atoms with Gasteiger partial charge in [-0.05, 0) is 41.7 Å². The lowest BCUT2D eigenvalue weighted by Gasteiger charge is -2.23. The van der Waals surface area contributed by atoms with Crippen molar-refractivity contribution in [3.05, 3.63) is 96.8 Å². The average Bonchev–Trinajstić information content (AvgIpc) is 3.36. The molecule has 0 amide bonds. The third-order valence-electron chi connectivity index (χ3n) is 5.34. The van der Waals surface area contributed by atoms with Crippen molar-refractivity contribution in [2.45, 2.75) is 12.8 Å². The Hall–Kier alpha value is -3.60. The Morgan fingerprint density at radius 1 is 1.10 bits per heavy atom. The average molecular weight is 386 g/mol. The van der Waals surface area contributed by atoms with Crippen LogP contribution in [0.3, 0.4) is 0 Å². The zero-order valence-electron chi connectivity index (χ0n) is 16.2. The highest BCUT2D eigenvalue weighted by Gasteiger charge is 2.56. The summed E-state index contributed by atoms with van der Waals surface area (Å²) in [5.74, 6) is 0.743. The molecular weight excluding hydrogens is 364 g/mol. The van der Waals surface area contributed by atoms with Crippen LogP contribution in [0.5, 0.6) is 5.75 Å².